The Hall–Kier alpha value is -1.75. The van der Waals surface area contributed by atoms with Crippen molar-refractivity contribution in [1.29, 1.82) is 0 Å². The van der Waals surface area contributed by atoms with Gasteiger partial charge in [-0.25, -0.2) is 0 Å². The molecule has 1 atom stereocenters. The molecule has 1 aliphatic rings. The summed E-state index contributed by atoms with van der Waals surface area (Å²) >= 11 is 1.52. The molecule has 0 bridgehead atoms. The van der Waals surface area contributed by atoms with Gasteiger partial charge in [-0.15, -0.1) is 0 Å². The van der Waals surface area contributed by atoms with Crippen molar-refractivity contribution in [2.75, 3.05) is 7.11 Å². The van der Waals surface area contributed by atoms with Gasteiger partial charge in [0.2, 0.25) is 5.91 Å². The molecule has 0 aromatic heterocycles. The molecule has 2 rings (SSSR count). The van der Waals surface area contributed by atoms with E-state index in [2.05, 4.69) is 37.2 Å². The molecule has 118 valence electrons. The lowest BCUT2D eigenvalue weighted by Crippen LogP contribution is -2.33. The first kappa shape index (κ1) is 16.6. The fourth-order valence-electron chi connectivity index (χ4n) is 2.10. The first-order chi connectivity index (χ1) is 10.3. The third-order valence-electron chi connectivity index (χ3n) is 3.23. The summed E-state index contributed by atoms with van der Waals surface area (Å²) < 4.78 is 5.45. The van der Waals surface area contributed by atoms with E-state index in [0.29, 0.717) is 0 Å². The van der Waals surface area contributed by atoms with Gasteiger partial charge in [-0.05, 0) is 12.1 Å². The zero-order valence-electron chi connectivity index (χ0n) is 13.6. The Bertz CT molecular complexity index is 630. The number of aliphatic imine (C=N–C) groups is 1. The van der Waals surface area contributed by atoms with Crippen LogP contribution in [0, 0.1) is 5.41 Å². The maximum absolute atomic E-state index is 11.4. The second kappa shape index (κ2) is 6.57. The largest absolute Gasteiger partial charge is 0.496 e. The smallest absolute Gasteiger partial charge is 0.219 e. The van der Waals surface area contributed by atoms with Gasteiger partial charge in [0.25, 0.3) is 0 Å². The van der Waals surface area contributed by atoms with E-state index in [1.165, 1.54) is 18.7 Å². The molecule has 1 aromatic carbocycles. The first-order valence-electron chi connectivity index (χ1n) is 7.18. The third kappa shape index (κ3) is 3.91. The molecule has 1 amide bonds. The fourth-order valence-corrected chi connectivity index (χ4v) is 3.21. The van der Waals surface area contributed by atoms with E-state index in [1.807, 2.05) is 24.3 Å². The molecule has 0 radical (unpaired) electrons. The van der Waals surface area contributed by atoms with Crippen molar-refractivity contribution in [2.45, 2.75) is 33.2 Å². The van der Waals surface area contributed by atoms with Crippen LogP contribution >= 0.6 is 11.8 Å². The highest BCUT2D eigenvalue weighted by molar-refractivity contribution is 8.08. The number of para-hydroxylation sites is 1. The number of thioether (sulfide) groups is 1. The summed E-state index contributed by atoms with van der Waals surface area (Å²) in [6.07, 6.45) is 2.08. The van der Waals surface area contributed by atoms with Crippen molar-refractivity contribution in [3.63, 3.8) is 0 Å². The van der Waals surface area contributed by atoms with Gasteiger partial charge < -0.3 is 10.1 Å². The minimum atomic E-state index is -0.309. The second-order valence-electron chi connectivity index (χ2n) is 6.14. The van der Waals surface area contributed by atoms with Gasteiger partial charge >= 0.3 is 0 Å². The number of allylic oxidation sites excluding steroid dienone is 1. The van der Waals surface area contributed by atoms with Crippen LogP contribution in [0.4, 0.5) is 0 Å². The molecule has 1 aliphatic heterocycles. The SMILES string of the molecule is COc1ccccc1C1=CC(C(C)(C)C)=NC(NC(C)=O)S1. The van der Waals surface area contributed by atoms with Crippen LogP contribution in [-0.2, 0) is 4.79 Å². The van der Waals surface area contributed by atoms with Crippen molar-refractivity contribution < 1.29 is 9.53 Å². The highest BCUT2D eigenvalue weighted by atomic mass is 32.2. The fraction of sp³-hybridized carbons (Fsp3) is 0.412. The summed E-state index contributed by atoms with van der Waals surface area (Å²) in [4.78, 5) is 17.1. The first-order valence-corrected chi connectivity index (χ1v) is 8.06. The van der Waals surface area contributed by atoms with Gasteiger partial charge in [-0.3, -0.25) is 9.79 Å². The zero-order valence-corrected chi connectivity index (χ0v) is 14.5. The van der Waals surface area contributed by atoms with E-state index < -0.39 is 0 Å². The van der Waals surface area contributed by atoms with E-state index in [-0.39, 0.29) is 16.8 Å². The average Bonchev–Trinajstić information content (AvgIpc) is 2.45. The monoisotopic (exact) mass is 318 g/mol. The van der Waals surface area contributed by atoms with Gasteiger partial charge in [0.1, 0.15) is 5.75 Å². The number of benzene rings is 1. The Morgan fingerprint density at radius 3 is 2.59 bits per heavy atom. The summed E-state index contributed by atoms with van der Waals surface area (Å²) in [6, 6.07) is 7.89. The summed E-state index contributed by atoms with van der Waals surface area (Å²) in [5.74, 6) is 0.730. The van der Waals surface area contributed by atoms with Crippen LogP contribution in [-0.4, -0.2) is 24.2 Å². The lowest BCUT2D eigenvalue weighted by molar-refractivity contribution is -0.119. The predicted octanol–water partition coefficient (Wildman–Crippen LogP) is 3.69. The van der Waals surface area contributed by atoms with Crippen molar-refractivity contribution in [3.05, 3.63) is 35.9 Å². The highest BCUT2D eigenvalue weighted by Crippen LogP contribution is 2.40. The number of ether oxygens (including phenoxy) is 1. The Balaban J connectivity index is 2.44. The van der Waals surface area contributed by atoms with Crippen molar-refractivity contribution >= 4 is 28.3 Å². The summed E-state index contributed by atoms with van der Waals surface area (Å²) in [7, 11) is 1.66. The predicted molar refractivity (Wildman–Crippen MR) is 93.1 cm³/mol. The van der Waals surface area contributed by atoms with Crippen LogP contribution in [0.2, 0.25) is 0 Å². The highest BCUT2D eigenvalue weighted by Gasteiger charge is 2.26. The van der Waals surface area contributed by atoms with Crippen LogP contribution in [0.5, 0.6) is 5.75 Å². The average molecular weight is 318 g/mol. The van der Waals surface area contributed by atoms with E-state index in [0.717, 1.165) is 21.9 Å². The number of amides is 1. The molecule has 22 heavy (non-hydrogen) atoms. The molecule has 5 heteroatoms. The van der Waals surface area contributed by atoms with E-state index in [1.54, 1.807) is 7.11 Å². The van der Waals surface area contributed by atoms with Crippen LogP contribution < -0.4 is 10.1 Å². The molecule has 0 fully saturated rings. The molecule has 0 saturated heterocycles. The van der Waals surface area contributed by atoms with E-state index in [4.69, 9.17) is 4.74 Å². The van der Waals surface area contributed by atoms with Gasteiger partial charge in [0.15, 0.2) is 5.50 Å². The Morgan fingerprint density at radius 2 is 2.00 bits per heavy atom. The summed E-state index contributed by atoms with van der Waals surface area (Å²) in [5.41, 5.74) is 1.58. The Morgan fingerprint density at radius 1 is 1.32 bits per heavy atom. The van der Waals surface area contributed by atoms with E-state index >= 15 is 0 Å². The lowest BCUT2D eigenvalue weighted by Gasteiger charge is -2.28. The van der Waals surface area contributed by atoms with Crippen LogP contribution in [0.15, 0.2) is 35.3 Å². The molecule has 1 aromatic rings. The van der Waals surface area contributed by atoms with E-state index in [9.17, 15) is 4.79 Å². The van der Waals surface area contributed by atoms with Crippen LogP contribution in [0.3, 0.4) is 0 Å². The maximum Gasteiger partial charge on any atom is 0.219 e. The molecule has 0 aliphatic carbocycles. The lowest BCUT2D eigenvalue weighted by atomic mass is 9.89. The molecule has 0 saturated carbocycles. The maximum atomic E-state index is 11.4. The van der Waals surface area contributed by atoms with Gasteiger partial charge in [0, 0.05) is 28.5 Å². The number of nitrogens with one attached hydrogen (secondary N) is 1. The molecular formula is C17H22N2O2S. The molecule has 4 nitrogen and oxygen atoms in total. The van der Waals surface area contributed by atoms with Crippen LogP contribution in [0.25, 0.3) is 4.91 Å². The molecule has 1 N–H and O–H groups in total. The van der Waals surface area contributed by atoms with Crippen LogP contribution in [0.1, 0.15) is 33.3 Å². The number of nitrogens with zero attached hydrogens (tertiary/aromatic N) is 1. The van der Waals surface area contributed by atoms with Gasteiger partial charge in [-0.2, -0.15) is 0 Å². The normalized spacial score (nSPS) is 18.3. The van der Waals surface area contributed by atoms with Gasteiger partial charge in [0.05, 0.1) is 7.11 Å². The number of methoxy groups -OCH3 is 1. The van der Waals surface area contributed by atoms with Crippen molar-refractivity contribution in [3.8, 4) is 5.75 Å². The molecular weight excluding hydrogens is 296 g/mol. The van der Waals surface area contributed by atoms with Gasteiger partial charge in [-0.1, -0.05) is 50.7 Å². The number of hydrogen-bond acceptors (Lipinski definition) is 4. The Kier molecular flexibility index (Phi) is 4.96. The van der Waals surface area contributed by atoms with Crippen molar-refractivity contribution in [2.24, 2.45) is 10.4 Å². The number of carbonyl (C=O) groups is 1. The quantitative estimate of drug-likeness (QED) is 0.924. The third-order valence-corrected chi connectivity index (χ3v) is 4.27. The minimum Gasteiger partial charge on any atom is -0.496 e. The number of rotatable bonds is 3. The zero-order chi connectivity index (χ0) is 16.3. The van der Waals surface area contributed by atoms with Crippen molar-refractivity contribution in [1.82, 2.24) is 5.32 Å². The Labute approximate surface area is 136 Å². The number of hydrogen-bond donors (Lipinski definition) is 1. The summed E-state index contributed by atoms with van der Waals surface area (Å²) in [5, 5.41) is 2.88. The molecule has 1 heterocycles. The standard InChI is InChI=1S/C17H22N2O2S/c1-11(20)18-16-19-15(17(2,3)4)10-14(22-16)12-8-6-7-9-13(12)21-5/h6-10,16H,1-5H3,(H,18,20). The molecule has 0 spiro atoms. The topological polar surface area (TPSA) is 50.7 Å². The second-order valence-corrected chi connectivity index (χ2v) is 7.27. The summed E-state index contributed by atoms with van der Waals surface area (Å²) in [6.45, 7) is 7.85. The number of carbonyl (C=O) groups excluding carboxylic acids is 1. The molecule has 1 unspecified atom stereocenters. The minimum absolute atomic E-state index is 0.0872.